The van der Waals surface area contributed by atoms with Crippen molar-refractivity contribution in [2.75, 3.05) is 12.4 Å². The number of alkyl halides is 3. The zero-order valence-electron chi connectivity index (χ0n) is 15.8. The maximum absolute atomic E-state index is 12.9. The second kappa shape index (κ2) is 8.97. The van der Waals surface area contributed by atoms with Crippen LogP contribution in [0.5, 0.6) is 5.75 Å². The predicted molar refractivity (Wildman–Crippen MR) is 108 cm³/mol. The van der Waals surface area contributed by atoms with Crippen molar-refractivity contribution < 1.29 is 22.7 Å². The van der Waals surface area contributed by atoms with Crippen LogP contribution in [0.2, 0.25) is 5.02 Å². The summed E-state index contributed by atoms with van der Waals surface area (Å²) in [6, 6.07) is 9.96. The number of nitrogens with one attached hydrogen (secondary N) is 1. The molecule has 0 spiro atoms. The second-order valence-electron chi connectivity index (χ2n) is 6.10. The zero-order valence-corrected chi connectivity index (χ0v) is 17.3. The van der Waals surface area contributed by atoms with E-state index in [4.69, 9.17) is 16.3 Å². The van der Waals surface area contributed by atoms with E-state index >= 15 is 0 Å². The Kier molecular flexibility index (Phi) is 6.57. The molecule has 0 saturated heterocycles. The lowest BCUT2D eigenvalue weighted by Gasteiger charge is -2.15. The van der Waals surface area contributed by atoms with Crippen molar-refractivity contribution in [3.63, 3.8) is 0 Å². The number of methoxy groups -OCH3 is 1. The smallest absolute Gasteiger partial charge is 0.416 e. The molecule has 3 rings (SSSR count). The molecule has 0 saturated carbocycles. The zero-order chi connectivity index (χ0) is 21.9. The molecule has 11 heteroatoms. The predicted octanol–water partition coefficient (Wildman–Crippen LogP) is 5.07. The average molecular weight is 457 g/mol. The highest BCUT2D eigenvalue weighted by molar-refractivity contribution is 8.00. The summed E-state index contributed by atoms with van der Waals surface area (Å²) >= 11 is 7.04. The number of amides is 1. The Morgan fingerprint density at radius 3 is 2.70 bits per heavy atom. The van der Waals surface area contributed by atoms with Gasteiger partial charge in [-0.25, -0.2) is 0 Å². The van der Waals surface area contributed by atoms with Gasteiger partial charge in [-0.2, -0.15) is 13.2 Å². The number of carbonyl (C=O) groups is 1. The minimum atomic E-state index is -4.55. The van der Waals surface area contributed by atoms with Gasteiger partial charge in [-0.15, -0.1) is 10.2 Å². The number of carbonyl (C=O) groups excluding carboxylic acids is 1. The summed E-state index contributed by atoms with van der Waals surface area (Å²) in [5.41, 5.74) is -0.338. The van der Waals surface area contributed by atoms with Crippen molar-refractivity contribution in [3.8, 4) is 11.4 Å². The lowest BCUT2D eigenvalue weighted by atomic mass is 10.2. The highest BCUT2D eigenvalue weighted by Gasteiger charge is 2.31. The third-order valence-electron chi connectivity index (χ3n) is 4.06. The number of para-hydroxylation sites is 2. The molecule has 1 N–H and O–H groups in total. The molecule has 6 nitrogen and oxygen atoms in total. The normalized spacial score (nSPS) is 12.5. The van der Waals surface area contributed by atoms with Gasteiger partial charge in [0, 0.05) is 0 Å². The fourth-order valence-electron chi connectivity index (χ4n) is 2.54. The standard InChI is InChI=1S/C19H16ClF3N4O2S/c1-11(17(28)25-14-9-12(19(21,22)23)7-8-13(14)20)30-18-26-24-10-27(18)15-5-3-4-6-16(15)29-2/h3-11H,1-2H3,(H,25,28)/t11-/m0/s1. The molecule has 0 fully saturated rings. The van der Waals surface area contributed by atoms with E-state index < -0.39 is 22.9 Å². The molecule has 1 amide bonds. The Bertz CT molecular complexity index is 1060. The molecule has 0 bridgehead atoms. The van der Waals surface area contributed by atoms with Crippen LogP contribution in [0.4, 0.5) is 18.9 Å². The summed E-state index contributed by atoms with van der Waals surface area (Å²) in [6.07, 6.45) is -3.07. The Balaban J connectivity index is 1.78. The molecule has 1 aromatic heterocycles. The van der Waals surface area contributed by atoms with E-state index in [9.17, 15) is 18.0 Å². The summed E-state index contributed by atoms with van der Waals surface area (Å²) < 4.78 is 45.8. The van der Waals surface area contributed by atoms with E-state index in [0.29, 0.717) is 16.6 Å². The number of rotatable bonds is 6. The van der Waals surface area contributed by atoms with E-state index in [0.717, 1.165) is 30.0 Å². The van der Waals surface area contributed by atoms with Crippen LogP contribution in [0.25, 0.3) is 5.69 Å². The Morgan fingerprint density at radius 1 is 1.27 bits per heavy atom. The SMILES string of the molecule is COc1ccccc1-n1cnnc1S[C@@H](C)C(=O)Nc1cc(C(F)(F)F)ccc1Cl. The van der Waals surface area contributed by atoms with Crippen LogP contribution in [0.3, 0.4) is 0 Å². The van der Waals surface area contributed by atoms with Gasteiger partial charge in [-0.3, -0.25) is 9.36 Å². The topological polar surface area (TPSA) is 69.0 Å². The number of halogens is 4. The minimum absolute atomic E-state index is 0.00531. The second-order valence-corrected chi connectivity index (χ2v) is 7.81. The molecule has 0 unspecified atom stereocenters. The molecule has 158 valence electrons. The van der Waals surface area contributed by atoms with Crippen LogP contribution >= 0.6 is 23.4 Å². The quantitative estimate of drug-likeness (QED) is 0.524. The molecule has 0 aliphatic carbocycles. The number of benzene rings is 2. The van der Waals surface area contributed by atoms with Gasteiger partial charge < -0.3 is 10.1 Å². The van der Waals surface area contributed by atoms with Gasteiger partial charge in [-0.05, 0) is 37.3 Å². The third-order valence-corrected chi connectivity index (χ3v) is 5.45. The molecule has 1 heterocycles. The summed E-state index contributed by atoms with van der Waals surface area (Å²) in [4.78, 5) is 12.6. The maximum atomic E-state index is 12.9. The van der Waals surface area contributed by atoms with Crippen LogP contribution in [-0.2, 0) is 11.0 Å². The van der Waals surface area contributed by atoms with Crippen molar-refractivity contribution in [2.45, 2.75) is 23.5 Å². The number of nitrogens with zero attached hydrogens (tertiary/aromatic N) is 3. The number of aromatic nitrogens is 3. The van der Waals surface area contributed by atoms with Crippen molar-refractivity contribution in [1.29, 1.82) is 0 Å². The van der Waals surface area contributed by atoms with Crippen LogP contribution in [0, 0.1) is 0 Å². The number of thioether (sulfide) groups is 1. The largest absolute Gasteiger partial charge is 0.495 e. The van der Waals surface area contributed by atoms with E-state index in [-0.39, 0.29) is 10.7 Å². The summed E-state index contributed by atoms with van der Waals surface area (Å²) in [7, 11) is 1.53. The van der Waals surface area contributed by atoms with Crippen molar-refractivity contribution in [1.82, 2.24) is 14.8 Å². The lowest BCUT2D eigenvalue weighted by Crippen LogP contribution is -2.23. The first-order valence-corrected chi connectivity index (χ1v) is 9.84. The molecule has 3 aromatic rings. The summed E-state index contributed by atoms with van der Waals surface area (Å²) in [6.45, 7) is 1.60. The lowest BCUT2D eigenvalue weighted by molar-refractivity contribution is -0.137. The first-order chi connectivity index (χ1) is 14.2. The van der Waals surface area contributed by atoms with Gasteiger partial charge in [0.05, 0.1) is 34.3 Å². The number of hydrogen-bond acceptors (Lipinski definition) is 5. The highest BCUT2D eigenvalue weighted by Crippen LogP contribution is 2.34. The average Bonchev–Trinajstić information content (AvgIpc) is 3.16. The summed E-state index contributed by atoms with van der Waals surface area (Å²) in [5, 5.41) is 10.1. The van der Waals surface area contributed by atoms with Crippen LogP contribution in [-0.4, -0.2) is 33.0 Å². The number of anilines is 1. The van der Waals surface area contributed by atoms with Crippen molar-refractivity contribution in [3.05, 3.63) is 59.4 Å². The molecule has 0 radical (unpaired) electrons. The van der Waals surface area contributed by atoms with E-state index in [1.54, 1.807) is 23.6 Å². The molecular weight excluding hydrogens is 441 g/mol. The Labute approximate surface area is 179 Å². The van der Waals surface area contributed by atoms with Crippen molar-refractivity contribution in [2.24, 2.45) is 0 Å². The van der Waals surface area contributed by atoms with Crippen molar-refractivity contribution >= 4 is 35.0 Å². The molecular formula is C19H16ClF3N4O2S. The van der Waals surface area contributed by atoms with Gasteiger partial charge in [0.15, 0.2) is 5.16 Å². The highest BCUT2D eigenvalue weighted by atomic mass is 35.5. The van der Waals surface area contributed by atoms with Crippen LogP contribution < -0.4 is 10.1 Å². The van der Waals surface area contributed by atoms with Crippen LogP contribution in [0.1, 0.15) is 12.5 Å². The fourth-order valence-corrected chi connectivity index (χ4v) is 3.54. The number of hydrogen-bond donors (Lipinski definition) is 1. The molecule has 2 aromatic carbocycles. The minimum Gasteiger partial charge on any atom is -0.495 e. The monoisotopic (exact) mass is 456 g/mol. The molecule has 0 aliphatic heterocycles. The van der Waals surface area contributed by atoms with Gasteiger partial charge >= 0.3 is 6.18 Å². The summed E-state index contributed by atoms with van der Waals surface area (Å²) in [5.74, 6) is 0.0582. The first-order valence-electron chi connectivity index (χ1n) is 8.58. The maximum Gasteiger partial charge on any atom is 0.416 e. The third kappa shape index (κ3) is 4.88. The molecule has 30 heavy (non-hydrogen) atoms. The van der Waals surface area contributed by atoms with E-state index in [2.05, 4.69) is 15.5 Å². The van der Waals surface area contributed by atoms with Gasteiger partial charge in [0.25, 0.3) is 0 Å². The van der Waals surface area contributed by atoms with E-state index in [1.807, 2.05) is 12.1 Å². The Hall–Kier alpha value is -2.72. The Morgan fingerprint density at radius 2 is 2.00 bits per heavy atom. The number of ether oxygens (including phenoxy) is 1. The first kappa shape index (κ1) is 22.0. The molecule has 0 aliphatic rings. The van der Waals surface area contributed by atoms with Gasteiger partial charge in [0.1, 0.15) is 12.1 Å². The van der Waals surface area contributed by atoms with E-state index in [1.165, 1.54) is 13.4 Å². The van der Waals surface area contributed by atoms with Gasteiger partial charge in [-0.1, -0.05) is 35.5 Å². The molecule has 1 atom stereocenters. The fraction of sp³-hybridized carbons (Fsp3) is 0.211. The van der Waals surface area contributed by atoms with Gasteiger partial charge in [0.2, 0.25) is 5.91 Å². The van der Waals surface area contributed by atoms with Crippen LogP contribution in [0.15, 0.2) is 53.9 Å².